The predicted molar refractivity (Wildman–Crippen MR) is 52.8 cm³/mol. The average molecular weight is 193 g/mol. The van der Waals surface area contributed by atoms with Crippen LogP contribution in [-0.4, -0.2) is 18.2 Å². The zero-order valence-electron chi connectivity index (χ0n) is 8.05. The molecule has 14 heavy (non-hydrogen) atoms. The van der Waals surface area contributed by atoms with E-state index in [0.717, 1.165) is 11.4 Å². The van der Waals surface area contributed by atoms with Crippen molar-refractivity contribution >= 4 is 5.69 Å². The Morgan fingerprint density at radius 2 is 2.43 bits per heavy atom. The lowest BCUT2D eigenvalue weighted by Crippen LogP contribution is -2.04. The van der Waals surface area contributed by atoms with Gasteiger partial charge in [-0.3, -0.25) is 9.37 Å². The lowest BCUT2D eigenvalue weighted by Gasteiger charge is -2.06. The molecule has 1 aromatic rings. The summed E-state index contributed by atoms with van der Waals surface area (Å²) in [5.74, 6) is 0. The molecule has 0 aliphatic carbocycles. The highest BCUT2D eigenvalue weighted by atomic mass is 19.1. The van der Waals surface area contributed by atoms with Crippen molar-refractivity contribution in [3.8, 4) is 6.07 Å². The summed E-state index contributed by atoms with van der Waals surface area (Å²) in [6.45, 7) is 2.04. The van der Waals surface area contributed by atoms with Crippen LogP contribution in [0.3, 0.4) is 0 Å². The Labute approximate surface area is 82.6 Å². The van der Waals surface area contributed by atoms with Crippen molar-refractivity contribution in [3.63, 3.8) is 0 Å². The van der Waals surface area contributed by atoms with Gasteiger partial charge in [-0.2, -0.15) is 5.26 Å². The summed E-state index contributed by atoms with van der Waals surface area (Å²) in [6.07, 6.45) is 1.97. The molecule has 0 saturated carbocycles. The predicted octanol–water partition coefficient (Wildman–Crippen LogP) is 2.03. The van der Waals surface area contributed by atoms with E-state index >= 15 is 0 Å². The van der Waals surface area contributed by atoms with Crippen LogP contribution in [0, 0.1) is 18.3 Å². The van der Waals surface area contributed by atoms with Gasteiger partial charge in [0, 0.05) is 18.4 Å². The maximum Gasteiger partial charge on any atom is 0.103 e. The molecular formula is C10H12FN3. The van der Waals surface area contributed by atoms with Crippen molar-refractivity contribution < 1.29 is 4.39 Å². The number of nitrogens with zero attached hydrogens (tertiary/aromatic N) is 2. The summed E-state index contributed by atoms with van der Waals surface area (Å²) in [6, 6.07) is 3.82. The van der Waals surface area contributed by atoms with Crippen LogP contribution in [0.4, 0.5) is 10.1 Å². The van der Waals surface area contributed by atoms with Gasteiger partial charge in [0.2, 0.25) is 0 Å². The van der Waals surface area contributed by atoms with Crippen LogP contribution in [-0.2, 0) is 0 Å². The van der Waals surface area contributed by atoms with Crippen LogP contribution >= 0.6 is 0 Å². The fraction of sp³-hybridized carbons (Fsp3) is 0.400. The normalized spacial score (nSPS) is 9.50. The van der Waals surface area contributed by atoms with Crippen molar-refractivity contribution in [1.29, 1.82) is 5.26 Å². The van der Waals surface area contributed by atoms with Crippen LogP contribution in [0.1, 0.15) is 17.7 Å². The summed E-state index contributed by atoms with van der Waals surface area (Å²) < 4.78 is 11.8. The minimum Gasteiger partial charge on any atom is -0.384 e. The quantitative estimate of drug-likeness (QED) is 0.744. The summed E-state index contributed by atoms with van der Waals surface area (Å²) in [7, 11) is 0. The number of aromatic nitrogens is 1. The highest BCUT2D eigenvalue weighted by Gasteiger charge is 2.01. The third kappa shape index (κ3) is 2.70. The minimum absolute atomic E-state index is 0.348. The molecule has 0 fully saturated rings. The number of nitriles is 1. The molecule has 1 N–H and O–H groups in total. The molecule has 0 unspecified atom stereocenters. The number of halogens is 1. The molecule has 0 saturated heterocycles. The van der Waals surface area contributed by atoms with Crippen molar-refractivity contribution in [3.05, 3.63) is 23.5 Å². The third-order valence-corrected chi connectivity index (χ3v) is 1.79. The lowest BCUT2D eigenvalue weighted by molar-refractivity contribution is 0.481. The molecule has 0 spiro atoms. The fourth-order valence-electron chi connectivity index (χ4n) is 1.09. The van der Waals surface area contributed by atoms with Gasteiger partial charge in [0.25, 0.3) is 0 Å². The van der Waals surface area contributed by atoms with Gasteiger partial charge in [0.1, 0.15) is 6.07 Å². The van der Waals surface area contributed by atoms with Gasteiger partial charge >= 0.3 is 0 Å². The maximum absolute atomic E-state index is 11.8. The number of alkyl halides is 1. The van der Waals surface area contributed by atoms with E-state index in [1.807, 2.05) is 13.0 Å². The summed E-state index contributed by atoms with van der Waals surface area (Å²) in [4.78, 5) is 4.00. The number of rotatable bonds is 4. The molecular weight excluding hydrogens is 181 g/mol. The molecule has 0 atom stereocenters. The second kappa shape index (κ2) is 5.18. The van der Waals surface area contributed by atoms with Gasteiger partial charge < -0.3 is 5.32 Å². The van der Waals surface area contributed by atoms with Crippen LogP contribution in [0.25, 0.3) is 0 Å². The van der Waals surface area contributed by atoms with Gasteiger partial charge in [-0.15, -0.1) is 0 Å². The SMILES string of the molecule is Cc1cc(NCCCF)c(C#N)cn1. The maximum atomic E-state index is 11.8. The Hall–Kier alpha value is -1.63. The molecule has 1 aromatic heterocycles. The topological polar surface area (TPSA) is 48.7 Å². The Morgan fingerprint density at radius 1 is 1.64 bits per heavy atom. The third-order valence-electron chi connectivity index (χ3n) is 1.79. The van der Waals surface area contributed by atoms with E-state index in [-0.39, 0.29) is 6.67 Å². The van der Waals surface area contributed by atoms with Gasteiger partial charge in [0.15, 0.2) is 0 Å². The number of hydrogen-bond acceptors (Lipinski definition) is 3. The average Bonchev–Trinajstić information content (AvgIpc) is 2.19. The van der Waals surface area contributed by atoms with E-state index in [9.17, 15) is 4.39 Å². The van der Waals surface area contributed by atoms with Crippen LogP contribution in [0.2, 0.25) is 0 Å². The Morgan fingerprint density at radius 3 is 3.07 bits per heavy atom. The molecule has 0 amide bonds. The molecule has 0 bridgehead atoms. The zero-order chi connectivity index (χ0) is 10.4. The lowest BCUT2D eigenvalue weighted by atomic mass is 10.2. The number of anilines is 1. The van der Waals surface area contributed by atoms with E-state index in [0.29, 0.717) is 18.5 Å². The van der Waals surface area contributed by atoms with E-state index in [4.69, 9.17) is 5.26 Å². The van der Waals surface area contributed by atoms with E-state index in [2.05, 4.69) is 10.3 Å². The first-order valence-electron chi connectivity index (χ1n) is 4.44. The molecule has 0 aliphatic rings. The summed E-state index contributed by atoms with van der Waals surface area (Å²) in [5.41, 5.74) is 2.06. The molecule has 0 aliphatic heterocycles. The minimum atomic E-state index is -0.348. The Kier molecular flexibility index (Phi) is 3.86. The van der Waals surface area contributed by atoms with Gasteiger partial charge in [-0.25, -0.2) is 0 Å². The molecule has 3 nitrogen and oxygen atoms in total. The smallest absolute Gasteiger partial charge is 0.103 e. The zero-order valence-corrected chi connectivity index (χ0v) is 8.05. The fourth-order valence-corrected chi connectivity index (χ4v) is 1.09. The van der Waals surface area contributed by atoms with Crippen molar-refractivity contribution in [1.82, 2.24) is 4.98 Å². The standard InChI is InChI=1S/C10H12FN3/c1-8-5-10(13-4-2-3-11)9(6-12)7-14-8/h5,7H,2-4H2,1H3,(H,13,14). The molecule has 1 heterocycles. The highest BCUT2D eigenvalue weighted by Crippen LogP contribution is 2.14. The number of aryl methyl sites for hydroxylation is 1. The van der Waals surface area contributed by atoms with Gasteiger partial charge in [-0.05, 0) is 19.4 Å². The van der Waals surface area contributed by atoms with E-state index < -0.39 is 0 Å². The Bertz CT molecular complexity index is 344. The first-order valence-corrected chi connectivity index (χ1v) is 4.44. The number of nitrogens with one attached hydrogen (secondary N) is 1. The van der Waals surface area contributed by atoms with Crippen molar-refractivity contribution in [2.24, 2.45) is 0 Å². The molecule has 0 aromatic carbocycles. The Balaban J connectivity index is 2.73. The van der Waals surface area contributed by atoms with Crippen LogP contribution < -0.4 is 5.32 Å². The van der Waals surface area contributed by atoms with Crippen LogP contribution in [0.15, 0.2) is 12.3 Å². The van der Waals surface area contributed by atoms with Gasteiger partial charge in [0.05, 0.1) is 17.9 Å². The first-order chi connectivity index (χ1) is 6.77. The molecule has 0 radical (unpaired) electrons. The number of hydrogen-bond donors (Lipinski definition) is 1. The van der Waals surface area contributed by atoms with E-state index in [1.54, 1.807) is 6.07 Å². The second-order valence-electron chi connectivity index (χ2n) is 2.95. The summed E-state index contributed by atoms with van der Waals surface area (Å²) in [5, 5.41) is 11.8. The van der Waals surface area contributed by atoms with Crippen molar-refractivity contribution in [2.75, 3.05) is 18.5 Å². The molecule has 1 rings (SSSR count). The van der Waals surface area contributed by atoms with Crippen molar-refractivity contribution in [2.45, 2.75) is 13.3 Å². The highest BCUT2D eigenvalue weighted by molar-refractivity contribution is 5.56. The monoisotopic (exact) mass is 193 g/mol. The second-order valence-corrected chi connectivity index (χ2v) is 2.95. The van der Waals surface area contributed by atoms with E-state index in [1.165, 1.54) is 6.20 Å². The largest absolute Gasteiger partial charge is 0.384 e. The van der Waals surface area contributed by atoms with Gasteiger partial charge in [-0.1, -0.05) is 0 Å². The van der Waals surface area contributed by atoms with Crippen LogP contribution in [0.5, 0.6) is 0 Å². The first kappa shape index (κ1) is 10.5. The molecule has 4 heteroatoms. The molecule has 74 valence electrons. The summed E-state index contributed by atoms with van der Waals surface area (Å²) >= 11 is 0. The number of pyridine rings is 1.